The number of aromatic nitrogens is 4. The van der Waals surface area contributed by atoms with E-state index in [1.807, 2.05) is 44.2 Å². The van der Waals surface area contributed by atoms with Crippen LogP contribution in [0.25, 0.3) is 5.78 Å². The molecule has 0 saturated carbocycles. The summed E-state index contributed by atoms with van der Waals surface area (Å²) in [5.74, 6) is -0.494. The van der Waals surface area contributed by atoms with Crippen molar-refractivity contribution in [2.45, 2.75) is 19.9 Å². The van der Waals surface area contributed by atoms with E-state index < -0.39 is 5.91 Å². The second-order valence-electron chi connectivity index (χ2n) is 6.84. The number of nitrogens with one attached hydrogen (secondary N) is 2. The van der Waals surface area contributed by atoms with Gasteiger partial charge >= 0.3 is 0 Å². The number of nitrogens with zero attached hydrogens (tertiary/aromatic N) is 4. The molecule has 0 saturated heterocycles. The van der Waals surface area contributed by atoms with Gasteiger partial charge in [-0.25, -0.2) is 9.50 Å². The molecule has 30 heavy (non-hydrogen) atoms. The molecule has 0 aliphatic rings. The zero-order valence-corrected chi connectivity index (χ0v) is 16.5. The van der Waals surface area contributed by atoms with E-state index in [9.17, 15) is 9.59 Å². The molecule has 2 aromatic heterocycles. The van der Waals surface area contributed by atoms with E-state index in [1.165, 1.54) is 4.52 Å². The van der Waals surface area contributed by atoms with Crippen LogP contribution in [0.15, 0.2) is 66.9 Å². The second-order valence-corrected chi connectivity index (χ2v) is 6.84. The summed E-state index contributed by atoms with van der Waals surface area (Å²) in [4.78, 5) is 33.8. The summed E-state index contributed by atoms with van der Waals surface area (Å²) in [7, 11) is 0. The lowest BCUT2D eigenvalue weighted by atomic mass is 10.1. The van der Waals surface area contributed by atoms with Gasteiger partial charge in [-0.05, 0) is 37.6 Å². The number of fused-ring (bicyclic) bond motifs is 1. The van der Waals surface area contributed by atoms with Crippen molar-refractivity contribution in [2.75, 3.05) is 5.32 Å². The summed E-state index contributed by atoms with van der Waals surface area (Å²) in [5.41, 5.74) is 2.53. The Bertz CT molecular complexity index is 1220. The molecular weight excluding hydrogens is 380 g/mol. The molecule has 0 spiro atoms. The number of benzene rings is 2. The van der Waals surface area contributed by atoms with Crippen molar-refractivity contribution in [2.24, 2.45) is 0 Å². The molecule has 0 bridgehead atoms. The Morgan fingerprint density at radius 1 is 0.967 bits per heavy atom. The number of para-hydroxylation sites is 1. The van der Waals surface area contributed by atoms with Crippen LogP contribution in [0.3, 0.4) is 0 Å². The third-order valence-electron chi connectivity index (χ3n) is 4.70. The van der Waals surface area contributed by atoms with Crippen molar-refractivity contribution in [3.05, 3.63) is 89.5 Å². The van der Waals surface area contributed by atoms with Gasteiger partial charge in [-0.3, -0.25) is 9.59 Å². The first-order valence-corrected chi connectivity index (χ1v) is 9.47. The van der Waals surface area contributed by atoms with Crippen LogP contribution in [-0.4, -0.2) is 31.4 Å². The number of carbonyl (C=O) groups is 2. The van der Waals surface area contributed by atoms with Crippen molar-refractivity contribution < 1.29 is 9.59 Å². The third kappa shape index (κ3) is 3.88. The molecule has 0 aliphatic carbocycles. The fraction of sp³-hybridized carbons (Fsp3) is 0.136. The second kappa shape index (κ2) is 8.12. The minimum Gasteiger partial charge on any atom is -0.345 e. The number of amides is 2. The molecule has 0 radical (unpaired) electrons. The number of carbonyl (C=O) groups excluding carboxylic acids is 2. The number of hydrogen-bond donors (Lipinski definition) is 2. The summed E-state index contributed by atoms with van der Waals surface area (Å²) in [6, 6.07) is 18.1. The summed E-state index contributed by atoms with van der Waals surface area (Å²) in [6.07, 6.45) is 1.61. The Hall–Kier alpha value is -4.07. The molecule has 0 aliphatic heterocycles. The van der Waals surface area contributed by atoms with Crippen LogP contribution in [0.5, 0.6) is 0 Å². The summed E-state index contributed by atoms with van der Waals surface area (Å²) < 4.78 is 1.50. The lowest BCUT2D eigenvalue weighted by Crippen LogP contribution is -2.28. The molecule has 8 nitrogen and oxygen atoms in total. The topological polar surface area (TPSA) is 101 Å². The minimum absolute atomic E-state index is 0.0235. The zero-order chi connectivity index (χ0) is 21.1. The Balaban J connectivity index is 1.54. The summed E-state index contributed by atoms with van der Waals surface area (Å²) in [5, 5.41) is 9.90. The highest BCUT2D eigenvalue weighted by molar-refractivity contribution is 6.07. The monoisotopic (exact) mass is 400 g/mol. The van der Waals surface area contributed by atoms with E-state index in [-0.39, 0.29) is 17.8 Å². The lowest BCUT2D eigenvalue weighted by molar-refractivity contribution is 0.0941. The van der Waals surface area contributed by atoms with Crippen molar-refractivity contribution in [3.63, 3.8) is 0 Å². The highest BCUT2D eigenvalue weighted by atomic mass is 16.2. The Kier molecular flexibility index (Phi) is 5.21. The van der Waals surface area contributed by atoms with E-state index in [0.29, 0.717) is 17.0 Å². The van der Waals surface area contributed by atoms with Gasteiger partial charge in [-0.1, -0.05) is 42.5 Å². The fourth-order valence-electron chi connectivity index (χ4n) is 3.07. The SMILES string of the molecule is Cc1ccnc2nc(C(=O)Nc3ccccc3C(=O)NC(C)c3ccccc3)nn12. The van der Waals surface area contributed by atoms with E-state index in [0.717, 1.165) is 11.3 Å². The maximum atomic E-state index is 12.8. The van der Waals surface area contributed by atoms with Crippen molar-refractivity contribution in [3.8, 4) is 0 Å². The van der Waals surface area contributed by atoms with Gasteiger partial charge in [-0.2, -0.15) is 4.98 Å². The van der Waals surface area contributed by atoms with Crippen molar-refractivity contribution in [1.82, 2.24) is 24.9 Å². The smallest absolute Gasteiger partial charge is 0.295 e. The maximum absolute atomic E-state index is 12.8. The third-order valence-corrected chi connectivity index (χ3v) is 4.70. The number of hydrogen-bond acceptors (Lipinski definition) is 5. The summed E-state index contributed by atoms with van der Waals surface area (Å²) in [6.45, 7) is 3.75. The Morgan fingerprint density at radius 2 is 1.70 bits per heavy atom. The first-order valence-electron chi connectivity index (χ1n) is 9.47. The zero-order valence-electron chi connectivity index (χ0n) is 16.5. The van der Waals surface area contributed by atoms with Crippen LogP contribution in [0, 0.1) is 6.92 Å². The molecule has 4 rings (SSSR count). The first-order chi connectivity index (χ1) is 14.5. The average Bonchev–Trinajstić information content (AvgIpc) is 3.21. The van der Waals surface area contributed by atoms with Gasteiger partial charge < -0.3 is 10.6 Å². The van der Waals surface area contributed by atoms with Gasteiger partial charge in [0.2, 0.25) is 5.82 Å². The molecule has 4 aromatic rings. The van der Waals surface area contributed by atoms with E-state index >= 15 is 0 Å². The van der Waals surface area contributed by atoms with Crippen LogP contribution in [0.4, 0.5) is 5.69 Å². The predicted octanol–water partition coefficient (Wildman–Crippen LogP) is 3.18. The van der Waals surface area contributed by atoms with E-state index in [2.05, 4.69) is 25.7 Å². The van der Waals surface area contributed by atoms with E-state index in [1.54, 1.807) is 36.5 Å². The number of rotatable bonds is 5. The van der Waals surface area contributed by atoms with Gasteiger partial charge in [0.25, 0.3) is 17.6 Å². The predicted molar refractivity (Wildman–Crippen MR) is 112 cm³/mol. The summed E-state index contributed by atoms with van der Waals surface area (Å²) >= 11 is 0. The normalized spacial score (nSPS) is 11.8. The van der Waals surface area contributed by atoms with Gasteiger partial charge in [-0.15, -0.1) is 5.10 Å². The number of aryl methyl sites for hydroxylation is 1. The van der Waals surface area contributed by atoms with Gasteiger partial charge in [0, 0.05) is 11.9 Å². The molecular formula is C22H20N6O2. The molecule has 2 heterocycles. The minimum atomic E-state index is -0.517. The first kappa shape index (κ1) is 19.3. The van der Waals surface area contributed by atoms with Crippen molar-refractivity contribution in [1.29, 1.82) is 0 Å². The molecule has 2 N–H and O–H groups in total. The lowest BCUT2D eigenvalue weighted by Gasteiger charge is -2.16. The molecule has 2 amide bonds. The van der Waals surface area contributed by atoms with Gasteiger partial charge in [0.15, 0.2) is 0 Å². The highest BCUT2D eigenvalue weighted by Crippen LogP contribution is 2.18. The maximum Gasteiger partial charge on any atom is 0.295 e. The van der Waals surface area contributed by atoms with Gasteiger partial charge in [0.05, 0.1) is 17.3 Å². The fourth-order valence-corrected chi connectivity index (χ4v) is 3.07. The van der Waals surface area contributed by atoms with Crippen LogP contribution >= 0.6 is 0 Å². The Morgan fingerprint density at radius 3 is 2.47 bits per heavy atom. The molecule has 2 aromatic carbocycles. The van der Waals surface area contributed by atoms with Crippen LogP contribution < -0.4 is 10.6 Å². The van der Waals surface area contributed by atoms with E-state index in [4.69, 9.17) is 0 Å². The molecule has 1 unspecified atom stereocenters. The average molecular weight is 400 g/mol. The molecule has 150 valence electrons. The number of anilines is 1. The standard InChI is InChI=1S/C22H20N6O2/c1-14-12-13-23-22-26-19(27-28(14)22)21(30)25-18-11-7-6-10-17(18)20(29)24-15(2)16-8-4-3-5-9-16/h3-13,15H,1-2H3,(H,24,29)(H,25,30). The van der Waals surface area contributed by atoms with Gasteiger partial charge in [0.1, 0.15) is 0 Å². The van der Waals surface area contributed by atoms with Crippen LogP contribution in [0.1, 0.15) is 45.2 Å². The molecule has 0 fully saturated rings. The Labute approximate surface area is 173 Å². The van der Waals surface area contributed by atoms with Crippen LogP contribution in [-0.2, 0) is 0 Å². The van der Waals surface area contributed by atoms with Crippen LogP contribution in [0.2, 0.25) is 0 Å². The molecule has 1 atom stereocenters. The highest BCUT2D eigenvalue weighted by Gasteiger charge is 2.19. The van der Waals surface area contributed by atoms with Crippen molar-refractivity contribution >= 4 is 23.3 Å². The quantitative estimate of drug-likeness (QED) is 0.536. The molecule has 8 heteroatoms. The largest absolute Gasteiger partial charge is 0.345 e.